The number of hydrogen-bond donors (Lipinski definition) is 2. The van der Waals surface area contributed by atoms with Crippen molar-refractivity contribution in [2.75, 3.05) is 11.1 Å². The average molecular weight is 316 g/mol. The van der Waals surface area contributed by atoms with Gasteiger partial charge in [0.25, 0.3) is 5.91 Å². The maximum Gasteiger partial charge on any atom is 0.427 e. The van der Waals surface area contributed by atoms with Gasteiger partial charge in [-0.25, -0.2) is 9.36 Å². The quantitative estimate of drug-likeness (QED) is 0.652. The lowest BCUT2D eigenvalue weighted by Crippen LogP contribution is -2.27. The normalized spacial score (nSPS) is 10.8. The van der Waals surface area contributed by atoms with Gasteiger partial charge in [-0.15, -0.1) is 5.10 Å². The second kappa shape index (κ2) is 5.40. The third-order valence-electron chi connectivity index (χ3n) is 3.00. The first kappa shape index (κ1) is 14.5. The number of aromatic nitrogens is 4. The highest BCUT2D eigenvalue weighted by Gasteiger charge is 2.18. The van der Waals surface area contributed by atoms with Crippen molar-refractivity contribution in [3.05, 3.63) is 34.9 Å². The Balaban J connectivity index is 1.91. The van der Waals surface area contributed by atoms with E-state index in [1.807, 2.05) is 0 Å². The molecule has 1 aromatic carbocycles. The van der Waals surface area contributed by atoms with Gasteiger partial charge >= 0.3 is 5.76 Å². The molecule has 0 radical (unpaired) electrons. The van der Waals surface area contributed by atoms with Gasteiger partial charge in [0.05, 0.1) is 11.9 Å². The molecule has 10 heteroatoms. The molecule has 2 heterocycles. The zero-order valence-electron chi connectivity index (χ0n) is 12.0. The number of nitrogens with zero attached hydrogens (tertiary/aromatic N) is 4. The van der Waals surface area contributed by atoms with Crippen LogP contribution < -0.4 is 16.8 Å². The second-order valence-electron chi connectivity index (χ2n) is 4.73. The van der Waals surface area contributed by atoms with Crippen molar-refractivity contribution >= 4 is 34.4 Å². The summed E-state index contributed by atoms with van der Waals surface area (Å²) in [5, 5.41) is 10.2. The standard InChI is InChI=1S/C13H12N6O4/c1-7(20)16-10-5-15-18(17-10)6-11(21)19-9-4-2-3-8(14)12(9)23-13(19)22/h2-5H,6,14H2,1H3,(H,16,17,20). The van der Waals surface area contributed by atoms with Crippen molar-refractivity contribution in [3.8, 4) is 0 Å². The van der Waals surface area contributed by atoms with Crippen LogP contribution in [0.2, 0.25) is 0 Å². The molecule has 0 spiro atoms. The van der Waals surface area contributed by atoms with Crippen LogP contribution in [-0.2, 0) is 11.3 Å². The van der Waals surface area contributed by atoms with Gasteiger partial charge in [0.1, 0.15) is 12.1 Å². The van der Waals surface area contributed by atoms with Crippen LogP contribution in [0.5, 0.6) is 0 Å². The van der Waals surface area contributed by atoms with E-state index in [1.165, 1.54) is 13.1 Å². The molecule has 0 fully saturated rings. The van der Waals surface area contributed by atoms with Crippen LogP contribution in [-0.4, -0.2) is 31.4 Å². The lowest BCUT2D eigenvalue weighted by Gasteiger charge is -2.01. The van der Waals surface area contributed by atoms with Gasteiger partial charge in [-0.2, -0.15) is 9.90 Å². The van der Waals surface area contributed by atoms with E-state index in [1.54, 1.807) is 18.2 Å². The van der Waals surface area contributed by atoms with Gasteiger partial charge in [-0.1, -0.05) is 6.07 Å². The molecule has 1 amide bonds. The molecule has 0 aliphatic rings. The molecule has 10 nitrogen and oxygen atoms in total. The Morgan fingerprint density at radius 2 is 2.17 bits per heavy atom. The van der Waals surface area contributed by atoms with E-state index in [-0.39, 0.29) is 35.1 Å². The number of nitrogens with two attached hydrogens (primary N) is 1. The number of rotatable bonds is 3. The third-order valence-corrected chi connectivity index (χ3v) is 3.00. The summed E-state index contributed by atoms with van der Waals surface area (Å²) in [5.41, 5.74) is 6.40. The fourth-order valence-electron chi connectivity index (χ4n) is 2.10. The number of amides is 1. The fourth-order valence-corrected chi connectivity index (χ4v) is 2.10. The molecule has 0 unspecified atom stereocenters. The highest BCUT2D eigenvalue weighted by molar-refractivity contribution is 5.93. The molecule has 3 N–H and O–H groups in total. The fraction of sp³-hybridized carbons (Fsp3) is 0.154. The Kier molecular flexibility index (Phi) is 3.41. The number of nitrogen functional groups attached to an aromatic ring is 1. The molecule has 2 aromatic heterocycles. The first-order valence-corrected chi connectivity index (χ1v) is 6.56. The largest absolute Gasteiger partial charge is 0.427 e. The Morgan fingerprint density at radius 3 is 2.91 bits per heavy atom. The number of carbonyl (C=O) groups excluding carboxylic acids is 2. The highest BCUT2D eigenvalue weighted by atomic mass is 16.4. The van der Waals surface area contributed by atoms with Crippen molar-refractivity contribution < 1.29 is 14.0 Å². The summed E-state index contributed by atoms with van der Waals surface area (Å²) in [7, 11) is 0. The average Bonchev–Trinajstić information content (AvgIpc) is 3.02. The lowest BCUT2D eigenvalue weighted by molar-refractivity contribution is -0.114. The minimum Gasteiger partial charge on any atom is -0.405 e. The molecule has 0 saturated carbocycles. The molecule has 118 valence electrons. The molecule has 0 atom stereocenters. The summed E-state index contributed by atoms with van der Waals surface area (Å²) in [6.07, 6.45) is 1.29. The second-order valence-corrected chi connectivity index (χ2v) is 4.73. The molecule has 0 bridgehead atoms. The summed E-state index contributed by atoms with van der Waals surface area (Å²) in [5.74, 6) is -1.53. The van der Waals surface area contributed by atoms with E-state index in [0.29, 0.717) is 0 Å². The van der Waals surface area contributed by atoms with Crippen molar-refractivity contribution in [3.63, 3.8) is 0 Å². The SMILES string of the molecule is CC(=O)Nc1cnn(CC(=O)n2c(=O)oc3c(N)cccc32)n1. The summed E-state index contributed by atoms with van der Waals surface area (Å²) in [6, 6.07) is 4.72. The van der Waals surface area contributed by atoms with Gasteiger partial charge < -0.3 is 15.5 Å². The molecule has 23 heavy (non-hydrogen) atoms. The molecular weight excluding hydrogens is 304 g/mol. The number of anilines is 2. The molecule has 3 aromatic rings. The number of benzene rings is 1. The van der Waals surface area contributed by atoms with E-state index in [9.17, 15) is 14.4 Å². The summed E-state index contributed by atoms with van der Waals surface area (Å²) >= 11 is 0. The van der Waals surface area contributed by atoms with Crippen LogP contribution in [0.4, 0.5) is 11.5 Å². The van der Waals surface area contributed by atoms with Crippen LogP contribution in [0, 0.1) is 0 Å². The number of fused-ring (bicyclic) bond motifs is 1. The van der Waals surface area contributed by atoms with E-state index in [0.717, 1.165) is 9.36 Å². The molecule has 0 aliphatic heterocycles. The van der Waals surface area contributed by atoms with Crippen LogP contribution in [0.25, 0.3) is 11.1 Å². The minimum atomic E-state index is -0.836. The Hall–Kier alpha value is -3.43. The van der Waals surface area contributed by atoms with Crippen molar-refractivity contribution in [1.29, 1.82) is 0 Å². The van der Waals surface area contributed by atoms with Crippen LogP contribution in [0.15, 0.2) is 33.6 Å². The zero-order valence-corrected chi connectivity index (χ0v) is 12.0. The Labute approximate surface area is 128 Å². The first-order valence-electron chi connectivity index (χ1n) is 6.56. The predicted molar refractivity (Wildman–Crippen MR) is 79.8 cm³/mol. The number of oxazole rings is 1. The van der Waals surface area contributed by atoms with Gasteiger partial charge in [-0.05, 0) is 12.1 Å². The molecule has 0 aliphatic carbocycles. The lowest BCUT2D eigenvalue weighted by atomic mass is 10.3. The Morgan fingerprint density at radius 1 is 1.39 bits per heavy atom. The third kappa shape index (κ3) is 2.69. The molecular formula is C13H12N6O4. The van der Waals surface area contributed by atoms with Crippen molar-refractivity contribution in [1.82, 2.24) is 19.6 Å². The van der Waals surface area contributed by atoms with E-state index in [2.05, 4.69) is 15.5 Å². The van der Waals surface area contributed by atoms with Crippen molar-refractivity contribution in [2.45, 2.75) is 13.5 Å². The smallest absolute Gasteiger partial charge is 0.405 e. The number of carbonyl (C=O) groups is 2. The first-order chi connectivity index (χ1) is 11.0. The molecule has 0 saturated heterocycles. The summed E-state index contributed by atoms with van der Waals surface area (Å²) in [6.45, 7) is 1.02. The number of hydrogen-bond acceptors (Lipinski definition) is 7. The van der Waals surface area contributed by atoms with Crippen molar-refractivity contribution in [2.24, 2.45) is 0 Å². The van der Waals surface area contributed by atoms with Crippen LogP contribution in [0.3, 0.4) is 0 Å². The van der Waals surface area contributed by atoms with E-state index >= 15 is 0 Å². The minimum absolute atomic E-state index is 0.151. The number of nitrogens with one attached hydrogen (secondary N) is 1. The van der Waals surface area contributed by atoms with Gasteiger partial charge in [0.2, 0.25) is 5.91 Å². The summed E-state index contributed by atoms with van der Waals surface area (Å²) in [4.78, 5) is 36.2. The van der Waals surface area contributed by atoms with Crippen LogP contribution in [0.1, 0.15) is 11.7 Å². The topological polar surface area (TPSA) is 138 Å². The van der Waals surface area contributed by atoms with Gasteiger partial charge in [-0.3, -0.25) is 9.59 Å². The maximum atomic E-state index is 12.3. The van der Waals surface area contributed by atoms with Gasteiger partial charge in [0.15, 0.2) is 11.4 Å². The highest BCUT2D eigenvalue weighted by Crippen LogP contribution is 2.19. The molecule has 3 rings (SSSR count). The van der Waals surface area contributed by atoms with Gasteiger partial charge in [0, 0.05) is 6.92 Å². The van der Waals surface area contributed by atoms with E-state index in [4.69, 9.17) is 10.2 Å². The van der Waals surface area contributed by atoms with E-state index < -0.39 is 11.7 Å². The Bertz CT molecular complexity index is 966. The zero-order chi connectivity index (χ0) is 16.6. The maximum absolute atomic E-state index is 12.3. The number of para-hydroxylation sites is 1. The monoisotopic (exact) mass is 316 g/mol. The van der Waals surface area contributed by atoms with Crippen LogP contribution >= 0.6 is 0 Å². The predicted octanol–water partition coefficient (Wildman–Crippen LogP) is 0.0670. The summed E-state index contributed by atoms with van der Waals surface area (Å²) < 4.78 is 5.87.